The number of hydrogen-bond acceptors (Lipinski definition) is 1. The summed E-state index contributed by atoms with van der Waals surface area (Å²) in [5, 5.41) is 4.61. The third kappa shape index (κ3) is 4.80. The smallest absolute Gasteiger partial charge is 0.125 e. The minimum Gasteiger partial charge on any atom is -0.309 e. The molecule has 2 heterocycles. The summed E-state index contributed by atoms with van der Waals surface area (Å²) in [4.78, 5) is 2.35. The van der Waals surface area contributed by atoms with Crippen LogP contribution in [0.3, 0.4) is 0 Å². The van der Waals surface area contributed by atoms with E-state index in [9.17, 15) is 4.39 Å². The standard InChI is InChI=1S/C48H32FN3/c49-35-17-12-21-38(31-35)51-44-25-9-7-22-40(44)42-29-28-39(32-47(42)51)50(36-18-5-2-6-19-36)46-27-13-24-43-41-23-8-10-26-45(41)52(48(43)46)37-20-11-16-34(30-37)33-14-3-1-4-15-33/h1-32H. The average Bonchev–Trinajstić information content (AvgIpc) is 3.72. The molecule has 4 heteroatoms. The van der Waals surface area contributed by atoms with Gasteiger partial charge < -0.3 is 14.0 Å². The molecule has 3 nitrogen and oxygen atoms in total. The lowest BCUT2D eigenvalue weighted by Gasteiger charge is -2.27. The number of benzene rings is 8. The SMILES string of the molecule is Fc1cccc(-n2c3ccccc3c3ccc(N(c4ccccc4)c4cccc5c6ccccc6n(-c6cccc(-c7ccccc7)c6)c45)cc32)c1. The summed E-state index contributed by atoms with van der Waals surface area (Å²) < 4.78 is 19.3. The number of nitrogens with zero attached hydrogens (tertiary/aromatic N) is 3. The number of anilines is 3. The van der Waals surface area contributed by atoms with Gasteiger partial charge in [0.25, 0.3) is 0 Å². The van der Waals surface area contributed by atoms with Crippen molar-refractivity contribution in [1.29, 1.82) is 0 Å². The lowest BCUT2D eigenvalue weighted by atomic mass is 10.1. The van der Waals surface area contributed by atoms with Gasteiger partial charge in [-0.25, -0.2) is 4.39 Å². The molecule has 0 unspecified atom stereocenters. The molecule has 0 amide bonds. The lowest BCUT2D eigenvalue weighted by Crippen LogP contribution is -2.11. The predicted octanol–water partition coefficient (Wildman–Crippen LogP) is 13.2. The van der Waals surface area contributed by atoms with E-state index in [1.807, 2.05) is 12.1 Å². The molecule has 0 radical (unpaired) electrons. The van der Waals surface area contributed by atoms with Crippen molar-refractivity contribution in [2.24, 2.45) is 0 Å². The number of halogens is 1. The van der Waals surface area contributed by atoms with Crippen molar-refractivity contribution in [3.8, 4) is 22.5 Å². The van der Waals surface area contributed by atoms with Gasteiger partial charge in [0.1, 0.15) is 5.82 Å². The maximum absolute atomic E-state index is 14.7. The summed E-state index contributed by atoms with van der Waals surface area (Å²) in [5.74, 6) is -0.263. The van der Waals surface area contributed by atoms with E-state index in [0.717, 1.165) is 66.8 Å². The molecule has 0 spiro atoms. The van der Waals surface area contributed by atoms with Crippen LogP contribution >= 0.6 is 0 Å². The van der Waals surface area contributed by atoms with Crippen molar-refractivity contribution < 1.29 is 4.39 Å². The van der Waals surface area contributed by atoms with Gasteiger partial charge in [0.05, 0.1) is 27.8 Å². The second-order valence-corrected chi connectivity index (χ2v) is 13.1. The quantitative estimate of drug-likeness (QED) is 0.172. The summed E-state index contributed by atoms with van der Waals surface area (Å²) >= 11 is 0. The first-order valence-corrected chi connectivity index (χ1v) is 17.6. The normalized spacial score (nSPS) is 11.6. The minimum absolute atomic E-state index is 0.263. The Labute approximate surface area is 300 Å². The van der Waals surface area contributed by atoms with Crippen molar-refractivity contribution in [3.05, 3.63) is 200 Å². The molecule has 0 saturated heterocycles. The van der Waals surface area contributed by atoms with Crippen molar-refractivity contribution in [2.45, 2.75) is 0 Å². The third-order valence-electron chi connectivity index (χ3n) is 10.1. The van der Waals surface area contributed by atoms with Crippen LogP contribution in [-0.2, 0) is 0 Å². The van der Waals surface area contributed by atoms with Gasteiger partial charge in [0.15, 0.2) is 0 Å². The molecule has 0 aliphatic heterocycles. The Morgan fingerprint density at radius 3 is 1.71 bits per heavy atom. The highest BCUT2D eigenvalue weighted by atomic mass is 19.1. The molecule has 0 aliphatic carbocycles. The molecular weight excluding hydrogens is 638 g/mol. The summed E-state index contributed by atoms with van der Waals surface area (Å²) in [6.45, 7) is 0. The lowest BCUT2D eigenvalue weighted by molar-refractivity contribution is 0.627. The molecule has 0 N–H and O–H groups in total. The van der Waals surface area contributed by atoms with Gasteiger partial charge in [-0.05, 0) is 83.9 Å². The Balaban J connectivity index is 1.27. The van der Waals surface area contributed by atoms with Gasteiger partial charge in [-0.15, -0.1) is 0 Å². The molecule has 2 aromatic heterocycles. The zero-order valence-corrected chi connectivity index (χ0v) is 28.2. The first-order chi connectivity index (χ1) is 25.7. The fraction of sp³-hybridized carbons (Fsp3) is 0. The van der Waals surface area contributed by atoms with Crippen molar-refractivity contribution in [3.63, 3.8) is 0 Å². The number of aromatic nitrogens is 2. The highest BCUT2D eigenvalue weighted by Crippen LogP contribution is 2.45. The fourth-order valence-corrected chi connectivity index (χ4v) is 7.90. The average molecular weight is 670 g/mol. The maximum Gasteiger partial charge on any atom is 0.125 e. The van der Waals surface area contributed by atoms with Crippen LogP contribution in [0.15, 0.2) is 194 Å². The molecule has 8 aromatic carbocycles. The fourth-order valence-electron chi connectivity index (χ4n) is 7.90. The van der Waals surface area contributed by atoms with E-state index in [2.05, 4.69) is 178 Å². The molecule has 0 fully saturated rings. The largest absolute Gasteiger partial charge is 0.309 e. The number of fused-ring (bicyclic) bond motifs is 6. The van der Waals surface area contributed by atoms with E-state index in [4.69, 9.17) is 0 Å². The Morgan fingerprint density at radius 1 is 0.365 bits per heavy atom. The number of para-hydroxylation sites is 4. The van der Waals surface area contributed by atoms with Gasteiger partial charge in [0.2, 0.25) is 0 Å². The molecule has 0 atom stereocenters. The monoisotopic (exact) mass is 669 g/mol. The zero-order valence-electron chi connectivity index (χ0n) is 28.2. The number of rotatable bonds is 6. The highest BCUT2D eigenvalue weighted by molar-refractivity contribution is 6.15. The van der Waals surface area contributed by atoms with Gasteiger partial charge in [-0.2, -0.15) is 0 Å². The van der Waals surface area contributed by atoms with Crippen LogP contribution in [-0.4, -0.2) is 9.13 Å². The molecule has 10 rings (SSSR count). The van der Waals surface area contributed by atoms with E-state index < -0.39 is 0 Å². The molecular formula is C48H32FN3. The Kier molecular flexibility index (Phi) is 7.00. The van der Waals surface area contributed by atoms with Crippen molar-refractivity contribution in [2.75, 3.05) is 4.90 Å². The van der Waals surface area contributed by atoms with E-state index in [1.54, 1.807) is 12.1 Å². The highest BCUT2D eigenvalue weighted by Gasteiger charge is 2.23. The van der Waals surface area contributed by atoms with Gasteiger partial charge in [-0.3, -0.25) is 0 Å². The van der Waals surface area contributed by atoms with Crippen LogP contribution in [0.4, 0.5) is 21.5 Å². The van der Waals surface area contributed by atoms with Gasteiger partial charge >= 0.3 is 0 Å². The first kappa shape index (κ1) is 30.0. The van der Waals surface area contributed by atoms with E-state index in [1.165, 1.54) is 22.4 Å². The van der Waals surface area contributed by atoms with Crippen LogP contribution in [0.1, 0.15) is 0 Å². The molecule has 52 heavy (non-hydrogen) atoms. The molecule has 0 saturated carbocycles. The Bertz CT molecular complexity index is 2920. The first-order valence-electron chi connectivity index (χ1n) is 17.6. The predicted molar refractivity (Wildman–Crippen MR) is 215 cm³/mol. The van der Waals surface area contributed by atoms with E-state index in [0.29, 0.717) is 0 Å². The number of hydrogen-bond donors (Lipinski definition) is 0. The van der Waals surface area contributed by atoms with Crippen LogP contribution in [0.2, 0.25) is 0 Å². The second kappa shape index (κ2) is 12.1. The molecule has 246 valence electrons. The van der Waals surface area contributed by atoms with Crippen LogP contribution in [0.25, 0.3) is 66.1 Å². The summed E-state index contributed by atoms with van der Waals surface area (Å²) in [7, 11) is 0. The van der Waals surface area contributed by atoms with Gasteiger partial charge in [0, 0.05) is 44.3 Å². The Morgan fingerprint density at radius 2 is 0.942 bits per heavy atom. The molecule has 10 aromatic rings. The minimum atomic E-state index is -0.263. The van der Waals surface area contributed by atoms with Crippen molar-refractivity contribution in [1.82, 2.24) is 9.13 Å². The summed E-state index contributed by atoms with van der Waals surface area (Å²) in [6, 6.07) is 67.1. The van der Waals surface area contributed by atoms with E-state index in [-0.39, 0.29) is 5.82 Å². The second-order valence-electron chi connectivity index (χ2n) is 13.1. The van der Waals surface area contributed by atoms with Crippen LogP contribution in [0.5, 0.6) is 0 Å². The van der Waals surface area contributed by atoms with Crippen LogP contribution in [0, 0.1) is 5.82 Å². The molecule has 0 bridgehead atoms. The Hall–Kier alpha value is -6.91. The van der Waals surface area contributed by atoms with E-state index >= 15 is 0 Å². The summed E-state index contributed by atoms with van der Waals surface area (Å²) in [5.41, 5.74) is 11.6. The maximum atomic E-state index is 14.7. The van der Waals surface area contributed by atoms with Crippen molar-refractivity contribution >= 4 is 60.7 Å². The molecule has 0 aliphatic rings. The summed E-state index contributed by atoms with van der Waals surface area (Å²) in [6.07, 6.45) is 0. The van der Waals surface area contributed by atoms with Gasteiger partial charge in [-0.1, -0.05) is 121 Å². The topological polar surface area (TPSA) is 13.1 Å². The third-order valence-corrected chi connectivity index (χ3v) is 10.1. The van der Waals surface area contributed by atoms with Crippen LogP contribution < -0.4 is 4.90 Å². The zero-order chi connectivity index (χ0) is 34.6.